The van der Waals surface area contributed by atoms with E-state index in [4.69, 9.17) is 4.74 Å². The van der Waals surface area contributed by atoms with Crippen LogP contribution >= 0.6 is 0 Å². The molecule has 0 spiro atoms. The summed E-state index contributed by atoms with van der Waals surface area (Å²) in [4.78, 5) is 11.7. The summed E-state index contributed by atoms with van der Waals surface area (Å²) in [5, 5.41) is 2.91. The van der Waals surface area contributed by atoms with Gasteiger partial charge < -0.3 is 10.1 Å². The molecular formula is C18H27NO2. The molecule has 3 nitrogen and oxygen atoms in total. The Hall–Kier alpha value is -1.77. The Bertz CT molecular complexity index is 423. The first-order valence-electron chi connectivity index (χ1n) is 7.95. The SMILES string of the molecule is CCCCCCCNC(=O)/C=C/c1ccc(OCC)cc1. The maximum atomic E-state index is 11.7. The topological polar surface area (TPSA) is 38.3 Å². The summed E-state index contributed by atoms with van der Waals surface area (Å²) >= 11 is 0. The lowest BCUT2D eigenvalue weighted by molar-refractivity contribution is -0.116. The van der Waals surface area contributed by atoms with Crippen molar-refractivity contribution in [2.75, 3.05) is 13.2 Å². The van der Waals surface area contributed by atoms with Gasteiger partial charge in [-0.05, 0) is 37.1 Å². The molecule has 0 bridgehead atoms. The van der Waals surface area contributed by atoms with E-state index >= 15 is 0 Å². The molecule has 0 aromatic heterocycles. The molecule has 0 heterocycles. The molecule has 3 heteroatoms. The second-order valence-electron chi connectivity index (χ2n) is 5.04. The second-order valence-corrected chi connectivity index (χ2v) is 5.04. The summed E-state index contributed by atoms with van der Waals surface area (Å²) in [7, 11) is 0. The normalized spacial score (nSPS) is 10.8. The van der Waals surface area contributed by atoms with E-state index in [1.807, 2.05) is 37.3 Å². The predicted octanol–water partition coefficient (Wildman–Crippen LogP) is 4.19. The Kier molecular flexibility index (Phi) is 9.01. The van der Waals surface area contributed by atoms with Gasteiger partial charge in [0.25, 0.3) is 0 Å². The quantitative estimate of drug-likeness (QED) is 0.518. The zero-order valence-electron chi connectivity index (χ0n) is 13.2. The fourth-order valence-electron chi connectivity index (χ4n) is 2.01. The fraction of sp³-hybridized carbons (Fsp3) is 0.500. The number of carbonyl (C=O) groups is 1. The van der Waals surface area contributed by atoms with Crippen molar-refractivity contribution in [2.24, 2.45) is 0 Å². The molecule has 0 radical (unpaired) electrons. The largest absolute Gasteiger partial charge is 0.494 e. The summed E-state index contributed by atoms with van der Waals surface area (Å²) < 4.78 is 5.38. The minimum atomic E-state index is -0.0284. The minimum Gasteiger partial charge on any atom is -0.494 e. The summed E-state index contributed by atoms with van der Waals surface area (Å²) in [6.45, 7) is 5.58. The van der Waals surface area contributed by atoms with Crippen molar-refractivity contribution in [3.8, 4) is 5.75 Å². The van der Waals surface area contributed by atoms with Gasteiger partial charge in [0.05, 0.1) is 6.61 Å². The molecule has 0 saturated carbocycles. The zero-order chi connectivity index (χ0) is 15.3. The van der Waals surface area contributed by atoms with Gasteiger partial charge in [0, 0.05) is 12.6 Å². The number of carbonyl (C=O) groups excluding carboxylic acids is 1. The van der Waals surface area contributed by atoms with Crippen LogP contribution in [0, 0.1) is 0 Å². The minimum absolute atomic E-state index is 0.0284. The molecule has 116 valence electrons. The van der Waals surface area contributed by atoms with Gasteiger partial charge in [-0.15, -0.1) is 0 Å². The molecule has 1 rings (SSSR count). The highest BCUT2D eigenvalue weighted by Gasteiger charge is 1.96. The van der Waals surface area contributed by atoms with Crippen LogP contribution in [-0.4, -0.2) is 19.1 Å². The standard InChI is InChI=1S/C18H27NO2/c1-3-5-6-7-8-15-19-18(20)14-11-16-9-12-17(13-10-16)21-4-2/h9-14H,3-8,15H2,1-2H3,(H,19,20)/b14-11+. The lowest BCUT2D eigenvalue weighted by Crippen LogP contribution is -2.21. The monoisotopic (exact) mass is 289 g/mol. The fourth-order valence-corrected chi connectivity index (χ4v) is 2.01. The number of amides is 1. The Morgan fingerprint density at radius 2 is 1.81 bits per heavy atom. The molecule has 1 aromatic carbocycles. The van der Waals surface area contributed by atoms with E-state index in [1.54, 1.807) is 6.08 Å². The maximum Gasteiger partial charge on any atom is 0.243 e. The average Bonchev–Trinajstić information content (AvgIpc) is 2.50. The van der Waals surface area contributed by atoms with E-state index in [1.165, 1.54) is 25.7 Å². The van der Waals surface area contributed by atoms with Gasteiger partial charge in [0.15, 0.2) is 0 Å². The van der Waals surface area contributed by atoms with Crippen molar-refractivity contribution in [3.63, 3.8) is 0 Å². The highest BCUT2D eigenvalue weighted by molar-refractivity contribution is 5.91. The smallest absolute Gasteiger partial charge is 0.243 e. The first kappa shape index (κ1) is 17.3. The van der Waals surface area contributed by atoms with Gasteiger partial charge in [-0.1, -0.05) is 44.7 Å². The Morgan fingerprint density at radius 3 is 2.48 bits per heavy atom. The van der Waals surface area contributed by atoms with Crippen molar-refractivity contribution < 1.29 is 9.53 Å². The lowest BCUT2D eigenvalue weighted by atomic mass is 10.1. The lowest BCUT2D eigenvalue weighted by Gasteiger charge is -2.03. The second kappa shape index (κ2) is 11.0. The number of rotatable bonds is 10. The Balaban J connectivity index is 2.23. The van der Waals surface area contributed by atoms with E-state index in [2.05, 4.69) is 12.2 Å². The summed E-state index contributed by atoms with van der Waals surface area (Å²) in [6, 6.07) is 7.71. The first-order valence-corrected chi connectivity index (χ1v) is 7.95. The van der Waals surface area contributed by atoms with Gasteiger partial charge in [0.1, 0.15) is 5.75 Å². The molecule has 1 aromatic rings. The third-order valence-corrected chi connectivity index (χ3v) is 3.20. The molecule has 0 aliphatic rings. The average molecular weight is 289 g/mol. The number of benzene rings is 1. The van der Waals surface area contributed by atoms with E-state index in [0.717, 1.165) is 24.3 Å². The van der Waals surface area contributed by atoms with Crippen LogP contribution in [0.2, 0.25) is 0 Å². The molecule has 0 atom stereocenters. The number of ether oxygens (including phenoxy) is 1. The van der Waals surface area contributed by atoms with Crippen LogP contribution in [0.15, 0.2) is 30.3 Å². The van der Waals surface area contributed by atoms with Crippen LogP contribution in [0.25, 0.3) is 6.08 Å². The van der Waals surface area contributed by atoms with Crippen LogP contribution in [0.3, 0.4) is 0 Å². The van der Waals surface area contributed by atoms with Gasteiger partial charge in [-0.3, -0.25) is 4.79 Å². The van der Waals surface area contributed by atoms with E-state index < -0.39 is 0 Å². The molecule has 1 amide bonds. The third-order valence-electron chi connectivity index (χ3n) is 3.20. The third kappa shape index (κ3) is 8.18. The van der Waals surface area contributed by atoms with Crippen molar-refractivity contribution >= 4 is 12.0 Å². The first-order chi connectivity index (χ1) is 10.3. The molecular weight excluding hydrogens is 262 g/mol. The van der Waals surface area contributed by atoms with Crippen molar-refractivity contribution in [1.82, 2.24) is 5.32 Å². The molecule has 0 unspecified atom stereocenters. The van der Waals surface area contributed by atoms with Crippen LogP contribution in [0.5, 0.6) is 5.75 Å². The molecule has 1 N–H and O–H groups in total. The van der Waals surface area contributed by atoms with E-state index in [9.17, 15) is 4.79 Å². The number of hydrogen-bond donors (Lipinski definition) is 1. The van der Waals surface area contributed by atoms with E-state index in [-0.39, 0.29) is 5.91 Å². The van der Waals surface area contributed by atoms with Gasteiger partial charge in [0.2, 0.25) is 5.91 Å². The summed E-state index contributed by atoms with van der Waals surface area (Å²) in [5.74, 6) is 0.825. The van der Waals surface area contributed by atoms with Crippen LogP contribution in [0.1, 0.15) is 51.5 Å². The zero-order valence-corrected chi connectivity index (χ0v) is 13.2. The maximum absolute atomic E-state index is 11.7. The van der Waals surface area contributed by atoms with Crippen molar-refractivity contribution in [3.05, 3.63) is 35.9 Å². The summed E-state index contributed by atoms with van der Waals surface area (Å²) in [6.07, 6.45) is 9.44. The summed E-state index contributed by atoms with van der Waals surface area (Å²) in [5.41, 5.74) is 0.997. The Morgan fingerprint density at radius 1 is 1.10 bits per heavy atom. The highest BCUT2D eigenvalue weighted by Crippen LogP contribution is 2.12. The van der Waals surface area contributed by atoms with Gasteiger partial charge >= 0.3 is 0 Å². The van der Waals surface area contributed by atoms with Crippen molar-refractivity contribution in [1.29, 1.82) is 0 Å². The van der Waals surface area contributed by atoms with E-state index in [0.29, 0.717) is 6.61 Å². The van der Waals surface area contributed by atoms with Crippen molar-refractivity contribution in [2.45, 2.75) is 46.0 Å². The van der Waals surface area contributed by atoms with Gasteiger partial charge in [-0.25, -0.2) is 0 Å². The Labute approximate surface area is 128 Å². The molecule has 0 aliphatic heterocycles. The van der Waals surface area contributed by atoms with Crippen LogP contribution in [0.4, 0.5) is 0 Å². The number of nitrogens with one attached hydrogen (secondary N) is 1. The van der Waals surface area contributed by atoms with Gasteiger partial charge in [-0.2, -0.15) is 0 Å². The van der Waals surface area contributed by atoms with Crippen LogP contribution in [-0.2, 0) is 4.79 Å². The van der Waals surface area contributed by atoms with Crippen LogP contribution < -0.4 is 10.1 Å². The highest BCUT2D eigenvalue weighted by atomic mass is 16.5. The molecule has 0 saturated heterocycles. The molecule has 0 aliphatic carbocycles. The molecule has 0 fully saturated rings. The predicted molar refractivity (Wildman–Crippen MR) is 88.4 cm³/mol. The molecule has 21 heavy (non-hydrogen) atoms. The number of hydrogen-bond acceptors (Lipinski definition) is 2. The number of unbranched alkanes of at least 4 members (excludes halogenated alkanes) is 4.